The lowest BCUT2D eigenvalue weighted by molar-refractivity contribution is -0.105. The summed E-state index contributed by atoms with van der Waals surface area (Å²) in [6.07, 6.45) is 4.33. The highest BCUT2D eigenvalue weighted by molar-refractivity contribution is 6.03. The van der Waals surface area contributed by atoms with E-state index in [1.165, 1.54) is 44.6 Å². The molecule has 0 unspecified atom stereocenters. The third kappa shape index (κ3) is 6.24. The number of rotatable bonds is 10. The average molecular weight is 578 g/mol. The first-order valence-corrected chi connectivity index (χ1v) is 14.7. The van der Waals surface area contributed by atoms with E-state index in [0.29, 0.717) is 24.7 Å². The van der Waals surface area contributed by atoms with Gasteiger partial charge in [0.05, 0.1) is 25.4 Å². The van der Waals surface area contributed by atoms with E-state index in [-0.39, 0.29) is 34.4 Å². The number of piperidine rings is 1. The Hall–Kier alpha value is -3.63. The Labute approximate surface area is 248 Å². The molecule has 42 heavy (non-hydrogen) atoms. The van der Waals surface area contributed by atoms with Gasteiger partial charge in [0, 0.05) is 19.5 Å². The molecule has 0 radical (unpaired) electrons. The summed E-state index contributed by atoms with van der Waals surface area (Å²) < 4.78 is 23.3. The molecule has 10 heteroatoms. The molecule has 2 N–H and O–H groups in total. The van der Waals surface area contributed by atoms with Crippen LogP contribution in [0.5, 0.6) is 11.8 Å². The molecule has 0 bridgehead atoms. The number of likely N-dealkylation sites (tertiary alicyclic amines) is 1. The summed E-state index contributed by atoms with van der Waals surface area (Å²) in [4.78, 5) is 24.5. The van der Waals surface area contributed by atoms with E-state index in [1.54, 1.807) is 6.07 Å². The first-order valence-electron chi connectivity index (χ1n) is 14.7. The van der Waals surface area contributed by atoms with Crippen LogP contribution in [0, 0.1) is 6.92 Å². The molecule has 1 saturated heterocycles. The standard InChI is InChI=1S/C32H43N5O5/c1-20-17-23-24(32(4,5)42-31(23,2)3)19-21(20)18-22-11-12-25(41-22)27(38)34-26-28(39-6)35-30(36-29(26)40-7)33-13-16-37-14-9-8-10-15-37/h11-12,17,19H,8-10,13-16,18H2,1-7H3,(H,34,38)(H,33,35,36). The van der Waals surface area contributed by atoms with Gasteiger partial charge in [-0.3, -0.25) is 4.79 Å². The van der Waals surface area contributed by atoms with E-state index in [2.05, 4.69) is 72.3 Å². The Kier molecular flexibility index (Phi) is 8.48. The van der Waals surface area contributed by atoms with Crippen LogP contribution in [0.15, 0.2) is 28.7 Å². The van der Waals surface area contributed by atoms with Gasteiger partial charge in [-0.05, 0) is 94.9 Å². The second-order valence-electron chi connectivity index (χ2n) is 12.1. The molecule has 2 aliphatic heterocycles. The summed E-state index contributed by atoms with van der Waals surface area (Å²) in [5, 5.41) is 6.06. The van der Waals surface area contributed by atoms with Crippen LogP contribution in [0.25, 0.3) is 0 Å². The number of nitrogens with one attached hydrogen (secondary N) is 2. The van der Waals surface area contributed by atoms with E-state index in [0.717, 1.165) is 30.8 Å². The number of amides is 1. The second kappa shape index (κ2) is 11.9. The number of fused-ring (bicyclic) bond motifs is 1. The fourth-order valence-corrected chi connectivity index (χ4v) is 6.06. The molecule has 5 rings (SSSR count). The summed E-state index contributed by atoms with van der Waals surface area (Å²) >= 11 is 0. The predicted octanol–water partition coefficient (Wildman–Crippen LogP) is 5.64. The van der Waals surface area contributed by atoms with Gasteiger partial charge in [-0.1, -0.05) is 18.6 Å². The molecular formula is C32H43N5O5. The fourth-order valence-electron chi connectivity index (χ4n) is 6.06. The van der Waals surface area contributed by atoms with Gasteiger partial charge < -0.3 is 34.2 Å². The van der Waals surface area contributed by atoms with Crippen molar-refractivity contribution in [3.63, 3.8) is 0 Å². The lowest BCUT2D eigenvalue weighted by Gasteiger charge is -2.26. The number of hydrogen-bond acceptors (Lipinski definition) is 9. The van der Waals surface area contributed by atoms with Gasteiger partial charge in [0.15, 0.2) is 11.4 Å². The zero-order chi connectivity index (χ0) is 30.1. The van der Waals surface area contributed by atoms with E-state index >= 15 is 0 Å². The Morgan fingerprint density at radius 3 is 2.26 bits per heavy atom. The Morgan fingerprint density at radius 1 is 0.976 bits per heavy atom. The number of aromatic nitrogens is 2. The van der Waals surface area contributed by atoms with Crippen molar-refractivity contribution in [2.24, 2.45) is 0 Å². The molecule has 0 atom stereocenters. The molecule has 3 aromatic rings. The lowest BCUT2D eigenvalue weighted by atomic mass is 9.86. The molecule has 10 nitrogen and oxygen atoms in total. The molecule has 0 saturated carbocycles. The van der Waals surface area contributed by atoms with Crippen molar-refractivity contribution in [3.8, 4) is 11.8 Å². The van der Waals surface area contributed by atoms with Crippen molar-refractivity contribution in [2.45, 2.75) is 71.5 Å². The highest BCUT2D eigenvalue weighted by Crippen LogP contribution is 2.47. The van der Waals surface area contributed by atoms with Crippen LogP contribution in [0.3, 0.4) is 0 Å². The van der Waals surface area contributed by atoms with Crippen molar-refractivity contribution in [3.05, 3.63) is 58.0 Å². The van der Waals surface area contributed by atoms with E-state index in [1.807, 2.05) is 6.07 Å². The molecule has 1 fully saturated rings. The normalized spacial score (nSPS) is 17.5. The average Bonchev–Trinajstić information content (AvgIpc) is 3.49. The van der Waals surface area contributed by atoms with Crippen LogP contribution in [0.2, 0.25) is 0 Å². The number of methoxy groups -OCH3 is 2. The zero-order valence-electron chi connectivity index (χ0n) is 25.8. The SMILES string of the molecule is COc1nc(NCCN2CCCCC2)nc(OC)c1NC(=O)c1ccc(Cc2cc3c(cc2C)C(C)(C)OC3(C)C)o1. The number of carbonyl (C=O) groups excluding carboxylic acids is 1. The van der Waals surface area contributed by atoms with Crippen molar-refractivity contribution >= 4 is 17.5 Å². The largest absolute Gasteiger partial charge is 0.479 e. The van der Waals surface area contributed by atoms with Gasteiger partial charge in [0.25, 0.3) is 5.91 Å². The van der Waals surface area contributed by atoms with Crippen molar-refractivity contribution in [1.29, 1.82) is 0 Å². The van der Waals surface area contributed by atoms with E-state index < -0.39 is 5.91 Å². The minimum atomic E-state index is -0.450. The number of ether oxygens (including phenoxy) is 3. The van der Waals surface area contributed by atoms with Crippen LogP contribution in [-0.4, -0.2) is 61.2 Å². The minimum absolute atomic E-state index is 0.168. The molecule has 1 aromatic carbocycles. The highest BCUT2D eigenvalue weighted by Gasteiger charge is 2.43. The highest BCUT2D eigenvalue weighted by atomic mass is 16.5. The Balaban J connectivity index is 1.28. The molecule has 1 amide bonds. The fraction of sp³-hybridized carbons (Fsp3) is 0.531. The summed E-state index contributed by atoms with van der Waals surface area (Å²) in [5.41, 5.74) is 4.19. The van der Waals surface area contributed by atoms with Crippen LogP contribution < -0.4 is 20.1 Å². The van der Waals surface area contributed by atoms with Gasteiger partial charge >= 0.3 is 0 Å². The quantitative estimate of drug-likeness (QED) is 0.316. The summed E-state index contributed by atoms with van der Waals surface area (Å²) in [7, 11) is 2.98. The first kappa shape index (κ1) is 29.8. The van der Waals surface area contributed by atoms with E-state index in [4.69, 9.17) is 18.6 Å². The number of nitrogens with zero attached hydrogens (tertiary/aromatic N) is 3. The molecule has 226 valence electrons. The maximum absolute atomic E-state index is 13.2. The van der Waals surface area contributed by atoms with Crippen LogP contribution in [0.4, 0.5) is 11.6 Å². The van der Waals surface area contributed by atoms with Gasteiger partial charge in [0.2, 0.25) is 17.7 Å². The van der Waals surface area contributed by atoms with Crippen molar-refractivity contribution < 1.29 is 23.4 Å². The smallest absolute Gasteiger partial charge is 0.291 e. The number of carbonyl (C=O) groups is 1. The number of aryl methyl sites for hydroxylation is 1. The topological polar surface area (TPSA) is 111 Å². The van der Waals surface area contributed by atoms with Crippen LogP contribution >= 0.6 is 0 Å². The van der Waals surface area contributed by atoms with Crippen LogP contribution in [0.1, 0.15) is 85.5 Å². The maximum atomic E-state index is 13.2. The summed E-state index contributed by atoms with van der Waals surface area (Å²) in [5.74, 6) is 1.17. The lowest BCUT2D eigenvalue weighted by Crippen LogP contribution is -2.33. The second-order valence-corrected chi connectivity index (χ2v) is 12.1. The number of hydrogen-bond donors (Lipinski definition) is 2. The van der Waals surface area contributed by atoms with Gasteiger partial charge in [-0.15, -0.1) is 0 Å². The zero-order valence-corrected chi connectivity index (χ0v) is 25.8. The minimum Gasteiger partial charge on any atom is -0.479 e. The molecule has 4 heterocycles. The van der Waals surface area contributed by atoms with Crippen LogP contribution in [-0.2, 0) is 22.4 Å². The Morgan fingerprint density at radius 2 is 1.62 bits per heavy atom. The van der Waals surface area contributed by atoms with Gasteiger partial charge in [0.1, 0.15) is 5.76 Å². The summed E-state index contributed by atoms with van der Waals surface area (Å²) in [6.45, 7) is 14.3. The van der Waals surface area contributed by atoms with Crippen molar-refractivity contribution in [2.75, 3.05) is 51.0 Å². The Bertz CT molecular complexity index is 1420. The molecule has 0 aliphatic carbocycles. The monoisotopic (exact) mass is 577 g/mol. The third-order valence-electron chi connectivity index (χ3n) is 8.16. The molecule has 0 spiro atoms. The van der Waals surface area contributed by atoms with Gasteiger partial charge in [-0.2, -0.15) is 9.97 Å². The van der Waals surface area contributed by atoms with E-state index in [9.17, 15) is 4.79 Å². The molecule has 2 aromatic heterocycles. The number of anilines is 2. The maximum Gasteiger partial charge on any atom is 0.291 e. The predicted molar refractivity (Wildman–Crippen MR) is 162 cm³/mol. The van der Waals surface area contributed by atoms with Crippen molar-refractivity contribution in [1.82, 2.24) is 14.9 Å². The first-order chi connectivity index (χ1) is 20.0. The number of benzene rings is 1. The molecular weight excluding hydrogens is 534 g/mol. The van der Waals surface area contributed by atoms with Gasteiger partial charge in [-0.25, -0.2) is 0 Å². The molecule has 2 aliphatic rings. The third-order valence-corrected chi connectivity index (χ3v) is 8.16. The summed E-state index contributed by atoms with van der Waals surface area (Å²) in [6, 6.07) is 7.91. The number of furan rings is 1.